The van der Waals surface area contributed by atoms with Crippen LogP contribution in [0.2, 0.25) is 0 Å². The highest BCUT2D eigenvalue weighted by atomic mass is 16.3. The van der Waals surface area contributed by atoms with E-state index < -0.39 is 17.8 Å². The largest absolute Gasteiger partial charge is 0.390 e. The lowest BCUT2D eigenvalue weighted by Crippen LogP contribution is -2.38. The molecule has 0 unspecified atom stereocenters. The van der Waals surface area contributed by atoms with Crippen LogP contribution in [0.5, 0.6) is 0 Å². The Hall–Kier alpha value is -2.26. The SMILES string of the molecule is CC(=O)Nc1nc2c(c(=O)[nH]1)N=C([C@@H](O)[C@H](C)O)CN2. The first-order chi connectivity index (χ1) is 9.38. The third kappa shape index (κ3) is 2.83. The summed E-state index contributed by atoms with van der Waals surface area (Å²) in [7, 11) is 0. The Morgan fingerprint density at radius 2 is 2.15 bits per heavy atom. The average Bonchev–Trinajstić information content (AvgIpc) is 2.36. The number of fused-ring (bicyclic) bond motifs is 1. The van der Waals surface area contributed by atoms with Crippen molar-refractivity contribution in [2.45, 2.75) is 26.1 Å². The molecule has 0 aliphatic carbocycles. The minimum atomic E-state index is -1.16. The molecule has 9 heteroatoms. The number of aromatic nitrogens is 2. The molecule has 5 N–H and O–H groups in total. The Balaban J connectivity index is 2.39. The summed E-state index contributed by atoms with van der Waals surface area (Å²) in [5.74, 6) is -0.139. The Morgan fingerprint density at radius 1 is 1.45 bits per heavy atom. The van der Waals surface area contributed by atoms with E-state index >= 15 is 0 Å². The van der Waals surface area contributed by atoms with Crippen molar-refractivity contribution >= 4 is 29.1 Å². The number of hydrogen-bond donors (Lipinski definition) is 5. The van der Waals surface area contributed by atoms with Gasteiger partial charge in [-0.15, -0.1) is 0 Å². The molecule has 0 fully saturated rings. The van der Waals surface area contributed by atoms with Crippen LogP contribution in [0.4, 0.5) is 17.5 Å². The highest BCUT2D eigenvalue weighted by Crippen LogP contribution is 2.23. The van der Waals surface area contributed by atoms with Crippen molar-refractivity contribution in [2.75, 3.05) is 17.2 Å². The normalized spacial score (nSPS) is 16.5. The third-order valence-corrected chi connectivity index (χ3v) is 2.68. The zero-order valence-electron chi connectivity index (χ0n) is 11.0. The fourth-order valence-electron chi connectivity index (χ4n) is 1.73. The molecule has 20 heavy (non-hydrogen) atoms. The predicted molar refractivity (Wildman–Crippen MR) is 72.4 cm³/mol. The number of hydrogen-bond acceptors (Lipinski definition) is 7. The van der Waals surface area contributed by atoms with Gasteiger partial charge in [-0.3, -0.25) is 19.9 Å². The van der Waals surface area contributed by atoms with E-state index in [1.807, 2.05) is 0 Å². The van der Waals surface area contributed by atoms with Crippen molar-refractivity contribution in [1.82, 2.24) is 9.97 Å². The molecule has 2 heterocycles. The molecule has 1 amide bonds. The van der Waals surface area contributed by atoms with Gasteiger partial charge in [0.2, 0.25) is 11.9 Å². The minimum absolute atomic E-state index is 0.0000482. The number of aliphatic hydroxyl groups is 2. The lowest BCUT2D eigenvalue weighted by Gasteiger charge is -2.21. The van der Waals surface area contributed by atoms with Crippen LogP contribution in [0, 0.1) is 0 Å². The Morgan fingerprint density at radius 3 is 2.75 bits per heavy atom. The molecule has 108 valence electrons. The van der Waals surface area contributed by atoms with E-state index in [2.05, 4.69) is 25.6 Å². The fourth-order valence-corrected chi connectivity index (χ4v) is 1.73. The van der Waals surface area contributed by atoms with Crippen molar-refractivity contribution in [3.05, 3.63) is 10.4 Å². The molecular formula is C11H15N5O4. The molecule has 2 rings (SSSR count). The number of anilines is 2. The van der Waals surface area contributed by atoms with Gasteiger partial charge in [-0.1, -0.05) is 0 Å². The number of aromatic amines is 1. The molecule has 0 radical (unpaired) electrons. The number of aliphatic imine (C=N–C) groups is 1. The summed E-state index contributed by atoms with van der Waals surface area (Å²) in [6.07, 6.45) is -2.16. The van der Waals surface area contributed by atoms with Crippen LogP contribution < -0.4 is 16.2 Å². The first kappa shape index (κ1) is 14.2. The summed E-state index contributed by atoms with van der Waals surface area (Å²) in [6, 6.07) is 0. The van der Waals surface area contributed by atoms with Crippen LogP contribution in [0.1, 0.15) is 13.8 Å². The predicted octanol–water partition coefficient (Wildman–Crippen LogP) is -1.03. The molecule has 1 aromatic rings. The summed E-state index contributed by atoms with van der Waals surface area (Å²) in [5, 5.41) is 24.2. The molecule has 1 aliphatic heterocycles. The summed E-state index contributed by atoms with van der Waals surface area (Å²) in [4.78, 5) is 33.2. The molecule has 0 aromatic carbocycles. The van der Waals surface area contributed by atoms with Crippen LogP contribution in [0.3, 0.4) is 0 Å². The van der Waals surface area contributed by atoms with Crippen molar-refractivity contribution in [3.63, 3.8) is 0 Å². The Bertz CT molecular complexity index is 622. The number of rotatable bonds is 3. The van der Waals surface area contributed by atoms with Gasteiger partial charge in [-0.05, 0) is 6.92 Å². The number of nitrogens with one attached hydrogen (secondary N) is 3. The first-order valence-corrected chi connectivity index (χ1v) is 5.98. The van der Waals surface area contributed by atoms with Gasteiger partial charge in [0, 0.05) is 6.92 Å². The minimum Gasteiger partial charge on any atom is -0.390 e. The van der Waals surface area contributed by atoms with E-state index in [9.17, 15) is 19.8 Å². The van der Waals surface area contributed by atoms with Gasteiger partial charge in [-0.2, -0.15) is 4.98 Å². The standard InChI is InChI=1S/C11H15N5O4/c1-4(17)8(19)6-3-12-9-7(14-6)10(20)16-11(15-9)13-5(2)18/h4,8,17,19H,3H2,1-2H3,(H3,12,13,15,16,18,20)/t4-,8-/m0/s1. The molecular weight excluding hydrogens is 266 g/mol. The quantitative estimate of drug-likeness (QED) is 0.480. The number of carbonyl (C=O) groups excluding carboxylic acids is 1. The van der Waals surface area contributed by atoms with Crippen LogP contribution in [-0.2, 0) is 4.79 Å². The summed E-state index contributed by atoms with van der Waals surface area (Å²) in [5.41, 5.74) is -0.312. The number of aliphatic hydroxyl groups excluding tert-OH is 2. The lowest BCUT2D eigenvalue weighted by molar-refractivity contribution is -0.114. The number of nitrogens with zero attached hydrogens (tertiary/aromatic N) is 2. The second kappa shape index (κ2) is 5.39. The second-order valence-electron chi connectivity index (χ2n) is 4.44. The smallest absolute Gasteiger partial charge is 0.280 e. The van der Waals surface area contributed by atoms with E-state index in [1.54, 1.807) is 0 Å². The van der Waals surface area contributed by atoms with Gasteiger partial charge < -0.3 is 15.5 Å². The maximum absolute atomic E-state index is 11.9. The van der Waals surface area contributed by atoms with Gasteiger partial charge in [0.25, 0.3) is 5.56 Å². The Labute approximate surface area is 113 Å². The molecule has 0 spiro atoms. The third-order valence-electron chi connectivity index (χ3n) is 2.68. The van der Waals surface area contributed by atoms with Crippen molar-refractivity contribution in [2.24, 2.45) is 4.99 Å². The van der Waals surface area contributed by atoms with Crippen LogP contribution >= 0.6 is 0 Å². The maximum atomic E-state index is 11.9. The topological polar surface area (TPSA) is 140 Å². The van der Waals surface area contributed by atoms with Gasteiger partial charge >= 0.3 is 0 Å². The molecule has 0 bridgehead atoms. The van der Waals surface area contributed by atoms with Gasteiger partial charge in [0.05, 0.1) is 18.4 Å². The molecule has 9 nitrogen and oxygen atoms in total. The van der Waals surface area contributed by atoms with Crippen molar-refractivity contribution in [1.29, 1.82) is 0 Å². The van der Waals surface area contributed by atoms with E-state index in [1.165, 1.54) is 13.8 Å². The molecule has 1 aromatic heterocycles. The number of H-pyrrole nitrogens is 1. The molecule has 1 aliphatic rings. The van der Waals surface area contributed by atoms with Crippen LogP contribution in [-0.4, -0.2) is 50.6 Å². The van der Waals surface area contributed by atoms with Gasteiger partial charge in [0.15, 0.2) is 11.5 Å². The maximum Gasteiger partial charge on any atom is 0.280 e. The van der Waals surface area contributed by atoms with E-state index in [-0.39, 0.29) is 35.6 Å². The van der Waals surface area contributed by atoms with Crippen LogP contribution in [0.15, 0.2) is 9.79 Å². The first-order valence-electron chi connectivity index (χ1n) is 5.98. The Kier molecular flexibility index (Phi) is 3.81. The molecule has 2 atom stereocenters. The van der Waals surface area contributed by atoms with Crippen LogP contribution in [0.25, 0.3) is 0 Å². The van der Waals surface area contributed by atoms with E-state index in [4.69, 9.17) is 0 Å². The highest BCUT2D eigenvalue weighted by Gasteiger charge is 2.24. The molecule has 0 saturated carbocycles. The lowest BCUT2D eigenvalue weighted by atomic mass is 10.1. The fraction of sp³-hybridized carbons (Fsp3) is 0.455. The summed E-state index contributed by atoms with van der Waals surface area (Å²) in [6.45, 7) is 2.86. The zero-order chi connectivity index (χ0) is 14.9. The van der Waals surface area contributed by atoms with Crippen molar-refractivity contribution < 1.29 is 15.0 Å². The monoisotopic (exact) mass is 281 g/mol. The second-order valence-corrected chi connectivity index (χ2v) is 4.44. The zero-order valence-corrected chi connectivity index (χ0v) is 11.0. The average molecular weight is 281 g/mol. The molecule has 0 saturated heterocycles. The van der Waals surface area contributed by atoms with Crippen molar-refractivity contribution in [3.8, 4) is 0 Å². The number of carbonyl (C=O) groups is 1. The summed E-state index contributed by atoms with van der Waals surface area (Å²) >= 11 is 0. The summed E-state index contributed by atoms with van der Waals surface area (Å²) < 4.78 is 0. The van der Waals surface area contributed by atoms with Gasteiger partial charge in [0.1, 0.15) is 6.10 Å². The van der Waals surface area contributed by atoms with Gasteiger partial charge in [-0.25, -0.2) is 4.99 Å². The van der Waals surface area contributed by atoms with E-state index in [0.717, 1.165) is 0 Å². The van der Waals surface area contributed by atoms with E-state index in [0.29, 0.717) is 0 Å². The highest BCUT2D eigenvalue weighted by molar-refractivity contribution is 5.98. The number of amides is 1.